The van der Waals surface area contributed by atoms with Gasteiger partial charge in [-0.15, -0.1) is 0 Å². The fourth-order valence-electron chi connectivity index (χ4n) is 3.28. The molecule has 1 amide bonds. The zero-order chi connectivity index (χ0) is 18.0. The van der Waals surface area contributed by atoms with Crippen molar-refractivity contribution in [2.75, 3.05) is 5.32 Å². The summed E-state index contributed by atoms with van der Waals surface area (Å²) in [4.78, 5) is 17.1. The van der Waals surface area contributed by atoms with Crippen LogP contribution in [0.25, 0.3) is 0 Å². The molecule has 1 fully saturated rings. The maximum absolute atomic E-state index is 13.7. The average Bonchev–Trinajstić information content (AvgIpc) is 3.18. The second-order valence-corrected chi connectivity index (χ2v) is 7.91. The van der Waals surface area contributed by atoms with E-state index < -0.39 is 5.82 Å². The van der Waals surface area contributed by atoms with E-state index in [1.165, 1.54) is 49.2 Å². The van der Waals surface area contributed by atoms with Crippen molar-refractivity contribution in [2.24, 2.45) is 0 Å². The van der Waals surface area contributed by atoms with Gasteiger partial charge in [-0.1, -0.05) is 36.7 Å². The minimum atomic E-state index is -0.424. The molecule has 6 heteroatoms. The maximum atomic E-state index is 13.7. The van der Waals surface area contributed by atoms with Crippen LogP contribution in [-0.4, -0.2) is 20.7 Å². The monoisotopic (exact) mass is 361 g/mol. The fourth-order valence-corrected chi connectivity index (χ4v) is 4.35. The summed E-state index contributed by atoms with van der Waals surface area (Å²) in [6.45, 7) is 5.93. The lowest BCUT2D eigenvalue weighted by Crippen LogP contribution is -2.23. The smallest absolute Gasteiger partial charge is 0.237 e. The minimum Gasteiger partial charge on any atom is -0.323 e. The second-order valence-electron chi connectivity index (χ2n) is 6.60. The molecule has 134 valence electrons. The standard InChI is InChI=1S/C19H24FN3OS/c1-12-13(2)23(15-8-4-5-9-15)19(21-12)25-14(3)18(24)22-17-11-7-6-10-16(17)20/h6-7,10-11,14-15H,4-5,8-9H2,1-3H3,(H,22,24)/t14-/m0/s1. The van der Waals surface area contributed by atoms with Gasteiger partial charge in [-0.05, 0) is 45.7 Å². The first-order valence-corrected chi connectivity index (χ1v) is 9.63. The predicted octanol–water partition coefficient (Wildman–Crippen LogP) is 4.87. The zero-order valence-electron chi connectivity index (χ0n) is 14.9. The number of rotatable bonds is 5. The highest BCUT2D eigenvalue weighted by molar-refractivity contribution is 8.00. The van der Waals surface area contributed by atoms with Crippen LogP contribution in [0, 0.1) is 19.7 Å². The van der Waals surface area contributed by atoms with E-state index >= 15 is 0 Å². The summed E-state index contributed by atoms with van der Waals surface area (Å²) in [5.41, 5.74) is 2.40. The van der Waals surface area contributed by atoms with Crippen LogP contribution in [0.4, 0.5) is 10.1 Å². The average molecular weight is 361 g/mol. The highest BCUT2D eigenvalue weighted by Gasteiger charge is 2.26. The Hall–Kier alpha value is -1.82. The Kier molecular flexibility index (Phi) is 5.47. The van der Waals surface area contributed by atoms with Crippen LogP contribution >= 0.6 is 11.8 Å². The second kappa shape index (κ2) is 7.60. The van der Waals surface area contributed by atoms with Crippen molar-refractivity contribution in [3.8, 4) is 0 Å². The molecule has 4 nitrogen and oxygen atoms in total. The number of nitrogens with zero attached hydrogens (tertiary/aromatic N) is 2. The minimum absolute atomic E-state index is 0.214. The van der Waals surface area contributed by atoms with Crippen molar-refractivity contribution in [1.82, 2.24) is 9.55 Å². The van der Waals surface area contributed by atoms with Gasteiger partial charge in [0.05, 0.1) is 16.6 Å². The van der Waals surface area contributed by atoms with Crippen molar-refractivity contribution >= 4 is 23.4 Å². The summed E-state index contributed by atoms with van der Waals surface area (Å²) in [6, 6.07) is 6.69. The molecule has 25 heavy (non-hydrogen) atoms. The van der Waals surface area contributed by atoms with Gasteiger partial charge in [-0.3, -0.25) is 4.79 Å². The van der Waals surface area contributed by atoms with E-state index in [1.807, 2.05) is 13.8 Å². The van der Waals surface area contributed by atoms with Gasteiger partial charge < -0.3 is 9.88 Å². The molecular weight excluding hydrogens is 337 g/mol. The summed E-state index contributed by atoms with van der Waals surface area (Å²) in [7, 11) is 0. The molecule has 1 N–H and O–H groups in total. The number of aryl methyl sites for hydroxylation is 1. The first kappa shape index (κ1) is 18.0. The Labute approximate surface area is 152 Å². The van der Waals surface area contributed by atoms with Gasteiger partial charge in [0.1, 0.15) is 5.82 Å². The van der Waals surface area contributed by atoms with Crippen LogP contribution < -0.4 is 5.32 Å². The quantitative estimate of drug-likeness (QED) is 0.773. The first-order chi connectivity index (χ1) is 12.0. The number of halogens is 1. The number of hydrogen-bond donors (Lipinski definition) is 1. The number of benzene rings is 1. The van der Waals surface area contributed by atoms with E-state index in [9.17, 15) is 9.18 Å². The molecule has 0 spiro atoms. The lowest BCUT2D eigenvalue weighted by Gasteiger charge is -2.18. The Morgan fingerprint density at radius 1 is 1.32 bits per heavy atom. The van der Waals surface area contributed by atoms with Crippen LogP contribution in [0.1, 0.15) is 50.0 Å². The molecule has 0 unspecified atom stereocenters. The highest BCUT2D eigenvalue weighted by atomic mass is 32.2. The lowest BCUT2D eigenvalue weighted by molar-refractivity contribution is -0.115. The van der Waals surface area contributed by atoms with Crippen LogP contribution in [0.3, 0.4) is 0 Å². The molecule has 1 heterocycles. The molecule has 1 saturated carbocycles. The largest absolute Gasteiger partial charge is 0.323 e. The summed E-state index contributed by atoms with van der Waals surface area (Å²) in [5.74, 6) is -0.640. The third-order valence-electron chi connectivity index (χ3n) is 4.83. The number of anilines is 1. The molecule has 1 atom stereocenters. The van der Waals surface area contributed by atoms with Crippen molar-refractivity contribution in [3.05, 3.63) is 41.5 Å². The number of carbonyl (C=O) groups excluding carboxylic acids is 1. The molecule has 1 aromatic heterocycles. The van der Waals surface area contributed by atoms with Gasteiger partial charge in [0.25, 0.3) is 0 Å². The Bertz CT molecular complexity index is 768. The molecule has 0 saturated heterocycles. The van der Waals surface area contributed by atoms with Gasteiger partial charge in [0.15, 0.2) is 5.16 Å². The molecule has 3 rings (SSSR count). The van der Waals surface area contributed by atoms with Gasteiger partial charge in [-0.2, -0.15) is 0 Å². The van der Waals surface area contributed by atoms with E-state index in [2.05, 4.69) is 21.8 Å². The van der Waals surface area contributed by atoms with E-state index in [-0.39, 0.29) is 16.8 Å². The Balaban J connectivity index is 1.74. The molecule has 1 aromatic carbocycles. The van der Waals surface area contributed by atoms with Gasteiger partial charge in [0, 0.05) is 11.7 Å². The predicted molar refractivity (Wildman–Crippen MR) is 99.6 cm³/mol. The van der Waals surface area contributed by atoms with Crippen LogP contribution in [0.2, 0.25) is 0 Å². The maximum Gasteiger partial charge on any atom is 0.237 e. The van der Waals surface area contributed by atoms with Crippen LogP contribution in [0.15, 0.2) is 29.4 Å². The van der Waals surface area contributed by atoms with E-state index in [0.717, 1.165) is 10.9 Å². The van der Waals surface area contributed by atoms with Crippen LogP contribution in [-0.2, 0) is 4.79 Å². The lowest BCUT2D eigenvalue weighted by atomic mass is 10.2. The molecule has 2 aromatic rings. The molecule has 1 aliphatic rings. The topological polar surface area (TPSA) is 46.9 Å². The normalized spacial score (nSPS) is 16.2. The van der Waals surface area contributed by atoms with Crippen molar-refractivity contribution < 1.29 is 9.18 Å². The number of carbonyl (C=O) groups is 1. The Morgan fingerprint density at radius 3 is 2.68 bits per heavy atom. The zero-order valence-corrected chi connectivity index (χ0v) is 15.7. The third kappa shape index (κ3) is 3.89. The van der Waals surface area contributed by atoms with Gasteiger partial charge in [0.2, 0.25) is 5.91 Å². The summed E-state index contributed by atoms with van der Waals surface area (Å²) < 4.78 is 16.0. The fraction of sp³-hybridized carbons (Fsp3) is 0.474. The first-order valence-electron chi connectivity index (χ1n) is 8.75. The Morgan fingerprint density at radius 2 is 2.00 bits per heavy atom. The molecule has 1 aliphatic carbocycles. The number of nitrogens with one attached hydrogen (secondary N) is 1. The van der Waals surface area contributed by atoms with Gasteiger partial charge >= 0.3 is 0 Å². The third-order valence-corrected chi connectivity index (χ3v) is 5.89. The van der Waals surface area contributed by atoms with E-state index in [0.29, 0.717) is 6.04 Å². The number of thioether (sulfide) groups is 1. The summed E-state index contributed by atoms with van der Waals surface area (Å²) in [6.07, 6.45) is 4.82. The molecule has 0 aliphatic heterocycles. The highest BCUT2D eigenvalue weighted by Crippen LogP contribution is 2.36. The summed E-state index contributed by atoms with van der Waals surface area (Å²) in [5, 5.41) is 3.20. The summed E-state index contributed by atoms with van der Waals surface area (Å²) >= 11 is 1.44. The van der Waals surface area contributed by atoms with Crippen molar-refractivity contribution in [2.45, 2.75) is 62.9 Å². The SMILES string of the molecule is Cc1nc(S[C@@H](C)C(=O)Nc2ccccc2F)n(C2CCCC2)c1C. The van der Waals surface area contributed by atoms with Crippen molar-refractivity contribution in [1.29, 1.82) is 0 Å². The number of aromatic nitrogens is 2. The molecule has 0 radical (unpaired) electrons. The number of hydrogen-bond acceptors (Lipinski definition) is 3. The number of amides is 1. The molecular formula is C19H24FN3OS. The van der Waals surface area contributed by atoms with Gasteiger partial charge in [-0.25, -0.2) is 9.37 Å². The van der Waals surface area contributed by atoms with E-state index in [1.54, 1.807) is 18.2 Å². The van der Waals surface area contributed by atoms with Crippen LogP contribution in [0.5, 0.6) is 0 Å². The van der Waals surface area contributed by atoms with E-state index in [4.69, 9.17) is 0 Å². The number of para-hydroxylation sites is 1. The number of imidazole rings is 1. The molecule has 0 bridgehead atoms. The van der Waals surface area contributed by atoms with Crippen molar-refractivity contribution in [3.63, 3.8) is 0 Å².